The standard InChI is InChI=1S/C23H18N2O5S/c1-14-9-21(27)30-19-12-17(7-8-18(14)19)29-22(28)13-31-23-24-16(11-20(26)25-23)10-15-5-3-2-4-6-15/h2-9,11-12H,10,13H2,1H3,(H,24,25,26). The number of hydrogen-bond acceptors (Lipinski definition) is 7. The van der Waals surface area contributed by atoms with E-state index in [4.69, 9.17) is 9.15 Å². The number of H-pyrrole nitrogens is 1. The maximum atomic E-state index is 12.3. The molecule has 2 aromatic carbocycles. The second-order valence-electron chi connectivity index (χ2n) is 6.87. The summed E-state index contributed by atoms with van der Waals surface area (Å²) in [5, 5.41) is 1.11. The molecule has 0 fully saturated rings. The number of carbonyl (C=O) groups excluding carboxylic acids is 1. The molecule has 0 amide bonds. The summed E-state index contributed by atoms with van der Waals surface area (Å²) in [7, 11) is 0. The van der Waals surface area contributed by atoms with Crippen LogP contribution in [0.2, 0.25) is 0 Å². The Hall–Kier alpha value is -3.65. The number of aromatic nitrogens is 2. The Bertz CT molecular complexity index is 1360. The van der Waals surface area contributed by atoms with E-state index in [2.05, 4.69) is 9.97 Å². The summed E-state index contributed by atoms with van der Waals surface area (Å²) in [6.45, 7) is 1.81. The van der Waals surface area contributed by atoms with Crippen molar-refractivity contribution in [3.8, 4) is 5.75 Å². The highest BCUT2D eigenvalue weighted by atomic mass is 32.2. The predicted molar refractivity (Wildman–Crippen MR) is 118 cm³/mol. The van der Waals surface area contributed by atoms with Gasteiger partial charge in [0.2, 0.25) is 0 Å². The molecule has 1 N–H and O–H groups in total. The summed E-state index contributed by atoms with van der Waals surface area (Å²) in [5.74, 6) is -0.297. The molecule has 0 aliphatic carbocycles. The molecule has 0 unspecified atom stereocenters. The molecule has 0 spiro atoms. The van der Waals surface area contributed by atoms with Crippen LogP contribution in [0.1, 0.15) is 16.8 Å². The first kappa shape index (κ1) is 20.6. The zero-order valence-electron chi connectivity index (χ0n) is 16.6. The van der Waals surface area contributed by atoms with Crippen molar-refractivity contribution in [3.63, 3.8) is 0 Å². The maximum absolute atomic E-state index is 12.3. The van der Waals surface area contributed by atoms with Crippen LogP contribution in [-0.2, 0) is 11.2 Å². The first-order chi connectivity index (χ1) is 15.0. The summed E-state index contributed by atoms with van der Waals surface area (Å²) < 4.78 is 10.5. The molecule has 2 aromatic heterocycles. The third-order valence-electron chi connectivity index (χ3n) is 4.48. The van der Waals surface area contributed by atoms with Gasteiger partial charge in [0, 0.05) is 30.0 Å². The Morgan fingerprint density at radius 3 is 2.71 bits per heavy atom. The van der Waals surface area contributed by atoms with Crippen LogP contribution in [-0.4, -0.2) is 21.7 Å². The van der Waals surface area contributed by atoms with Gasteiger partial charge in [-0.25, -0.2) is 9.78 Å². The highest BCUT2D eigenvalue weighted by molar-refractivity contribution is 7.99. The number of aryl methyl sites for hydroxylation is 1. The number of nitrogens with one attached hydrogen (secondary N) is 1. The molecule has 0 aliphatic heterocycles. The number of aromatic amines is 1. The van der Waals surface area contributed by atoms with Gasteiger partial charge in [-0.05, 0) is 30.2 Å². The van der Waals surface area contributed by atoms with Crippen LogP contribution in [0.25, 0.3) is 11.0 Å². The van der Waals surface area contributed by atoms with Gasteiger partial charge in [-0.1, -0.05) is 42.1 Å². The first-order valence-electron chi connectivity index (χ1n) is 9.48. The molecule has 8 heteroatoms. The fourth-order valence-electron chi connectivity index (χ4n) is 3.10. The Kier molecular flexibility index (Phi) is 5.99. The molecule has 0 bridgehead atoms. The third kappa shape index (κ3) is 5.29. The van der Waals surface area contributed by atoms with E-state index in [1.807, 2.05) is 30.3 Å². The van der Waals surface area contributed by atoms with Crippen molar-refractivity contribution >= 4 is 28.7 Å². The van der Waals surface area contributed by atoms with Crippen molar-refractivity contribution < 1.29 is 13.9 Å². The molecule has 7 nitrogen and oxygen atoms in total. The number of nitrogens with zero attached hydrogens (tertiary/aromatic N) is 1. The lowest BCUT2D eigenvalue weighted by Crippen LogP contribution is -2.14. The second kappa shape index (κ2) is 9.01. The fraction of sp³-hybridized carbons (Fsp3) is 0.130. The van der Waals surface area contributed by atoms with Crippen LogP contribution >= 0.6 is 11.8 Å². The first-order valence-corrected chi connectivity index (χ1v) is 10.5. The summed E-state index contributed by atoms with van der Waals surface area (Å²) in [5.41, 5.74) is 2.04. The van der Waals surface area contributed by atoms with Crippen LogP contribution in [0.15, 0.2) is 79.8 Å². The van der Waals surface area contributed by atoms with E-state index in [1.165, 1.54) is 18.2 Å². The van der Waals surface area contributed by atoms with Gasteiger partial charge in [-0.2, -0.15) is 0 Å². The minimum atomic E-state index is -0.518. The highest BCUT2D eigenvalue weighted by Gasteiger charge is 2.11. The Morgan fingerprint density at radius 1 is 1.10 bits per heavy atom. The monoisotopic (exact) mass is 434 g/mol. The third-order valence-corrected chi connectivity index (χ3v) is 5.33. The molecule has 156 valence electrons. The largest absolute Gasteiger partial charge is 0.426 e. The fourth-order valence-corrected chi connectivity index (χ4v) is 3.77. The van der Waals surface area contributed by atoms with Gasteiger partial charge in [0.15, 0.2) is 5.16 Å². The van der Waals surface area contributed by atoms with Gasteiger partial charge >= 0.3 is 11.6 Å². The Labute approximate surface area is 181 Å². The molecule has 0 saturated carbocycles. The number of hydrogen-bond donors (Lipinski definition) is 1. The van der Waals surface area contributed by atoms with Gasteiger partial charge in [0.25, 0.3) is 5.56 Å². The minimum Gasteiger partial charge on any atom is -0.426 e. The number of esters is 1. The number of fused-ring (bicyclic) bond motifs is 1. The molecule has 0 radical (unpaired) electrons. The van der Waals surface area contributed by atoms with Crippen LogP contribution in [0, 0.1) is 6.92 Å². The van der Waals surface area contributed by atoms with Gasteiger partial charge in [0.1, 0.15) is 11.3 Å². The molecular weight excluding hydrogens is 416 g/mol. The van der Waals surface area contributed by atoms with Crippen LogP contribution in [0.4, 0.5) is 0 Å². The van der Waals surface area contributed by atoms with Crippen molar-refractivity contribution in [3.05, 3.63) is 98.3 Å². The van der Waals surface area contributed by atoms with Crippen molar-refractivity contribution in [1.29, 1.82) is 0 Å². The number of ether oxygens (including phenoxy) is 1. The molecule has 4 rings (SSSR count). The lowest BCUT2D eigenvalue weighted by Gasteiger charge is -2.07. The summed E-state index contributed by atoms with van der Waals surface area (Å²) in [4.78, 5) is 42.8. The quantitative estimate of drug-likeness (QED) is 0.163. The topological polar surface area (TPSA) is 102 Å². The van der Waals surface area contributed by atoms with E-state index in [-0.39, 0.29) is 17.1 Å². The molecule has 0 saturated heterocycles. The highest BCUT2D eigenvalue weighted by Crippen LogP contribution is 2.23. The average molecular weight is 434 g/mol. The SMILES string of the molecule is Cc1cc(=O)oc2cc(OC(=O)CSc3nc(Cc4ccccc4)cc(=O)[nH]3)ccc12. The zero-order valence-corrected chi connectivity index (χ0v) is 17.4. The number of carbonyl (C=O) groups is 1. The van der Waals surface area contributed by atoms with E-state index < -0.39 is 11.6 Å². The molecule has 4 aromatic rings. The van der Waals surface area contributed by atoms with Crippen molar-refractivity contribution in [2.45, 2.75) is 18.5 Å². The molecule has 0 aliphatic rings. The van der Waals surface area contributed by atoms with E-state index in [0.717, 1.165) is 28.3 Å². The van der Waals surface area contributed by atoms with Crippen LogP contribution in [0.5, 0.6) is 5.75 Å². The smallest absolute Gasteiger partial charge is 0.336 e. The lowest BCUT2D eigenvalue weighted by molar-refractivity contribution is -0.131. The normalized spacial score (nSPS) is 10.9. The summed E-state index contributed by atoms with van der Waals surface area (Å²) >= 11 is 1.08. The zero-order chi connectivity index (χ0) is 21.8. The Balaban J connectivity index is 1.42. The predicted octanol–water partition coefficient (Wildman–Crippen LogP) is 3.47. The Morgan fingerprint density at radius 2 is 1.90 bits per heavy atom. The van der Waals surface area contributed by atoms with E-state index >= 15 is 0 Å². The lowest BCUT2D eigenvalue weighted by atomic mass is 10.1. The van der Waals surface area contributed by atoms with Crippen LogP contribution in [0.3, 0.4) is 0 Å². The number of thioether (sulfide) groups is 1. The van der Waals surface area contributed by atoms with E-state index in [0.29, 0.717) is 22.9 Å². The molecule has 0 atom stereocenters. The number of benzene rings is 2. The summed E-state index contributed by atoms with van der Waals surface area (Å²) in [6.07, 6.45) is 0.518. The average Bonchev–Trinajstić information content (AvgIpc) is 2.72. The van der Waals surface area contributed by atoms with Gasteiger partial charge in [-0.15, -0.1) is 0 Å². The molecule has 2 heterocycles. The van der Waals surface area contributed by atoms with Crippen molar-refractivity contribution in [1.82, 2.24) is 9.97 Å². The van der Waals surface area contributed by atoms with Crippen molar-refractivity contribution in [2.75, 3.05) is 5.75 Å². The van der Waals surface area contributed by atoms with Crippen molar-refractivity contribution in [2.24, 2.45) is 0 Å². The van der Waals surface area contributed by atoms with Gasteiger partial charge in [0.05, 0.1) is 11.4 Å². The number of rotatable bonds is 6. The van der Waals surface area contributed by atoms with Gasteiger partial charge in [-0.3, -0.25) is 9.59 Å². The minimum absolute atomic E-state index is 0.0481. The molecule has 31 heavy (non-hydrogen) atoms. The summed E-state index contributed by atoms with van der Waals surface area (Å²) in [6, 6.07) is 17.4. The molecular formula is C23H18N2O5S. The maximum Gasteiger partial charge on any atom is 0.336 e. The second-order valence-corrected chi connectivity index (χ2v) is 7.84. The van der Waals surface area contributed by atoms with E-state index in [9.17, 15) is 14.4 Å². The van der Waals surface area contributed by atoms with Gasteiger partial charge < -0.3 is 14.1 Å². The van der Waals surface area contributed by atoms with Crippen LogP contribution < -0.4 is 15.9 Å². The van der Waals surface area contributed by atoms with E-state index in [1.54, 1.807) is 19.1 Å².